The van der Waals surface area contributed by atoms with Crippen molar-refractivity contribution >= 4 is 11.4 Å². The Kier molecular flexibility index (Phi) is 11.1. The number of aryl methyl sites for hydroxylation is 2. The lowest BCUT2D eigenvalue weighted by atomic mass is 10.1. The van der Waals surface area contributed by atoms with Crippen molar-refractivity contribution in [3.63, 3.8) is 0 Å². The highest BCUT2D eigenvalue weighted by atomic mass is 16.5. The van der Waals surface area contributed by atoms with Crippen LogP contribution in [0.2, 0.25) is 0 Å². The lowest BCUT2D eigenvalue weighted by Gasteiger charge is -2.09. The van der Waals surface area contributed by atoms with E-state index in [-0.39, 0.29) is 0 Å². The van der Waals surface area contributed by atoms with Gasteiger partial charge >= 0.3 is 0 Å². The maximum atomic E-state index is 5.97. The number of benzene rings is 2. The zero-order valence-corrected chi connectivity index (χ0v) is 18.6. The first-order valence-electron chi connectivity index (χ1n) is 11.4. The van der Waals surface area contributed by atoms with E-state index in [1.165, 1.54) is 63.4 Å². The van der Waals surface area contributed by atoms with Crippen molar-refractivity contribution in [3.05, 3.63) is 53.6 Å². The largest absolute Gasteiger partial charge is 0.493 e. The third-order valence-corrected chi connectivity index (χ3v) is 5.23. The Bertz CT molecular complexity index is 722. The standard InChI is InChI=1S/C26H38N2O/c1-4-5-6-7-8-9-10-11-12-13-20-29-26-19-18-25(21-23(26)3)28-27-24-16-14-22(2)15-17-24/h14-19,21H,4-13,20H2,1-3H3. The van der Waals surface area contributed by atoms with Gasteiger partial charge in [-0.15, -0.1) is 0 Å². The second kappa shape index (κ2) is 13.9. The van der Waals surface area contributed by atoms with Gasteiger partial charge in [-0.3, -0.25) is 0 Å². The molecule has 2 rings (SSSR count). The average molecular weight is 395 g/mol. The van der Waals surface area contributed by atoms with Crippen molar-refractivity contribution in [1.29, 1.82) is 0 Å². The van der Waals surface area contributed by atoms with Gasteiger partial charge in [0.2, 0.25) is 0 Å². The minimum atomic E-state index is 0.793. The van der Waals surface area contributed by atoms with Crippen molar-refractivity contribution in [2.24, 2.45) is 10.2 Å². The molecule has 0 fully saturated rings. The van der Waals surface area contributed by atoms with E-state index in [0.29, 0.717) is 0 Å². The first-order valence-corrected chi connectivity index (χ1v) is 11.4. The molecule has 2 aromatic carbocycles. The highest BCUT2D eigenvalue weighted by molar-refractivity contribution is 5.47. The molecule has 0 atom stereocenters. The molecule has 0 aliphatic heterocycles. The first-order chi connectivity index (χ1) is 14.2. The second-order valence-corrected chi connectivity index (χ2v) is 8.02. The monoisotopic (exact) mass is 394 g/mol. The zero-order chi connectivity index (χ0) is 20.7. The van der Waals surface area contributed by atoms with Gasteiger partial charge < -0.3 is 4.74 Å². The lowest BCUT2D eigenvalue weighted by molar-refractivity contribution is 0.302. The summed E-state index contributed by atoms with van der Waals surface area (Å²) in [6.07, 6.45) is 13.4. The maximum Gasteiger partial charge on any atom is 0.122 e. The van der Waals surface area contributed by atoms with Crippen LogP contribution < -0.4 is 4.74 Å². The number of azo groups is 1. The van der Waals surface area contributed by atoms with Gasteiger partial charge in [0.1, 0.15) is 5.75 Å². The van der Waals surface area contributed by atoms with Gasteiger partial charge in [0, 0.05) is 0 Å². The Labute approximate surface area is 177 Å². The summed E-state index contributed by atoms with van der Waals surface area (Å²) >= 11 is 0. The van der Waals surface area contributed by atoms with Gasteiger partial charge in [0.05, 0.1) is 18.0 Å². The summed E-state index contributed by atoms with van der Waals surface area (Å²) in [6.45, 7) is 7.20. The van der Waals surface area contributed by atoms with Gasteiger partial charge in [-0.05, 0) is 56.2 Å². The molecule has 29 heavy (non-hydrogen) atoms. The Balaban J connectivity index is 1.62. The molecule has 0 aromatic heterocycles. The zero-order valence-electron chi connectivity index (χ0n) is 18.6. The molecule has 0 aliphatic rings. The van der Waals surface area contributed by atoms with Crippen molar-refractivity contribution in [2.45, 2.75) is 85.0 Å². The molecule has 2 aromatic rings. The van der Waals surface area contributed by atoms with Gasteiger partial charge in [0.25, 0.3) is 0 Å². The number of hydrogen-bond acceptors (Lipinski definition) is 3. The van der Waals surface area contributed by atoms with Crippen LogP contribution >= 0.6 is 0 Å². The molecule has 0 unspecified atom stereocenters. The molecule has 0 N–H and O–H groups in total. The molecule has 0 bridgehead atoms. The van der Waals surface area contributed by atoms with E-state index in [0.717, 1.165) is 35.7 Å². The summed E-state index contributed by atoms with van der Waals surface area (Å²) in [7, 11) is 0. The van der Waals surface area contributed by atoms with Crippen LogP contribution in [0.3, 0.4) is 0 Å². The van der Waals surface area contributed by atoms with Gasteiger partial charge in [-0.1, -0.05) is 82.4 Å². The van der Waals surface area contributed by atoms with Crippen LogP contribution in [0.4, 0.5) is 11.4 Å². The highest BCUT2D eigenvalue weighted by Gasteiger charge is 2.01. The summed E-state index contributed by atoms with van der Waals surface area (Å²) in [5, 5.41) is 8.64. The number of ether oxygens (including phenoxy) is 1. The normalized spacial score (nSPS) is 11.3. The van der Waals surface area contributed by atoms with Crippen molar-refractivity contribution in [1.82, 2.24) is 0 Å². The minimum Gasteiger partial charge on any atom is -0.493 e. The highest BCUT2D eigenvalue weighted by Crippen LogP contribution is 2.26. The fourth-order valence-corrected chi connectivity index (χ4v) is 3.36. The summed E-state index contributed by atoms with van der Waals surface area (Å²) in [6, 6.07) is 14.1. The first kappa shape index (κ1) is 23.1. The van der Waals surface area contributed by atoms with E-state index < -0.39 is 0 Å². The lowest BCUT2D eigenvalue weighted by Crippen LogP contribution is -1.98. The average Bonchev–Trinajstić information content (AvgIpc) is 2.73. The SMILES string of the molecule is CCCCCCCCCCCCOc1ccc(N=Nc2ccc(C)cc2)cc1C. The van der Waals surface area contributed by atoms with E-state index in [9.17, 15) is 0 Å². The Morgan fingerprint density at radius 3 is 1.83 bits per heavy atom. The fourth-order valence-electron chi connectivity index (χ4n) is 3.36. The van der Waals surface area contributed by atoms with E-state index in [4.69, 9.17) is 4.74 Å². The van der Waals surface area contributed by atoms with Crippen molar-refractivity contribution in [3.8, 4) is 5.75 Å². The molecule has 0 saturated carbocycles. The van der Waals surface area contributed by atoms with Crippen LogP contribution in [0, 0.1) is 13.8 Å². The van der Waals surface area contributed by atoms with Crippen molar-refractivity contribution < 1.29 is 4.74 Å². The van der Waals surface area contributed by atoms with E-state index in [1.807, 2.05) is 42.5 Å². The third kappa shape index (κ3) is 9.74. The van der Waals surface area contributed by atoms with Gasteiger partial charge in [-0.2, -0.15) is 10.2 Å². The molecule has 0 spiro atoms. The topological polar surface area (TPSA) is 34.0 Å². The van der Waals surface area contributed by atoms with Crippen LogP contribution in [-0.2, 0) is 0 Å². The quantitative estimate of drug-likeness (QED) is 0.232. The molecule has 3 heteroatoms. The molecule has 0 radical (unpaired) electrons. The molecule has 0 amide bonds. The summed E-state index contributed by atoms with van der Waals surface area (Å²) in [4.78, 5) is 0. The smallest absolute Gasteiger partial charge is 0.122 e. The van der Waals surface area contributed by atoms with Crippen LogP contribution in [-0.4, -0.2) is 6.61 Å². The maximum absolute atomic E-state index is 5.97. The number of hydrogen-bond donors (Lipinski definition) is 0. The van der Waals surface area contributed by atoms with Crippen LogP contribution in [0.25, 0.3) is 0 Å². The summed E-state index contributed by atoms with van der Waals surface area (Å²) in [5.41, 5.74) is 4.06. The Morgan fingerprint density at radius 1 is 0.655 bits per heavy atom. The number of nitrogens with zero attached hydrogens (tertiary/aromatic N) is 2. The molecule has 0 heterocycles. The summed E-state index contributed by atoms with van der Waals surface area (Å²) in [5.74, 6) is 0.954. The predicted molar refractivity (Wildman–Crippen MR) is 124 cm³/mol. The predicted octanol–water partition coefficient (Wildman–Crippen LogP) is 9.02. The van der Waals surface area contributed by atoms with Gasteiger partial charge in [-0.25, -0.2) is 0 Å². The molecule has 158 valence electrons. The molecule has 0 aliphatic carbocycles. The van der Waals surface area contributed by atoms with Crippen molar-refractivity contribution in [2.75, 3.05) is 6.61 Å². The Morgan fingerprint density at radius 2 is 1.21 bits per heavy atom. The van der Waals surface area contributed by atoms with Crippen LogP contribution in [0.5, 0.6) is 5.75 Å². The third-order valence-electron chi connectivity index (χ3n) is 5.23. The molecular formula is C26H38N2O. The number of rotatable bonds is 14. The summed E-state index contributed by atoms with van der Waals surface area (Å²) < 4.78 is 5.97. The molecule has 0 saturated heterocycles. The van der Waals surface area contributed by atoms with E-state index >= 15 is 0 Å². The minimum absolute atomic E-state index is 0.793. The number of unbranched alkanes of at least 4 members (excludes halogenated alkanes) is 9. The Hall–Kier alpha value is -2.16. The van der Waals surface area contributed by atoms with Crippen LogP contribution in [0.15, 0.2) is 52.7 Å². The van der Waals surface area contributed by atoms with Gasteiger partial charge in [0.15, 0.2) is 0 Å². The second-order valence-electron chi connectivity index (χ2n) is 8.02. The van der Waals surface area contributed by atoms with Crippen LogP contribution in [0.1, 0.15) is 82.3 Å². The molecule has 3 nitrogen and oxygen atoms in total. The fraction of sp³-hybridized carbons (Fsp3) is 0.538. The van der Waals surface area contributed by atoms with E-state index in [1.54, 1.807) is 0 Å². The van der Waals surface area contributed by atoms with E-state index in [2.05, 4.69) is 31.0 Å². The molecular weight excluding hydrogens is 356 g/mol.